The number of carbonyl (C=O) groups is 1. The summed E-state index contributed by atoms with van der Waals surface area (Å²) in [7, 11) is -3.33. The number of pyridine rings is 3. The van der Waals surface area contributed by atoms with Crippen molar-refractivity contribution in [2.75, 3.05) is 24.2 Å². The van der Waals surface area contributed by atoms with E-state index in [-0.39, 0.29) is 31.4 Å². The topological polar surface area (TPSA) is 96.4 Å². The molecule has 0 radical (unpaired) electrons. The van der Waals surface area contributed by atoms with Gasteiger partial charge in [-0.3, -0.25) is 19.7 Å². The van der Waals surface area contributed by atoms with Crippen LogP contribution in [0.4, 0.5) is 10.1 Å². The zero-order chi connectivity index (χ0) is 25.8. The monoisotopic (exact) mass is 517 g/mol. The normalized spacial score (nSPS) is 17.5. The summed E-state index contributed by atoms with van der Waals surface area (Å²) in [6.45, 7) is 0.754. The lowest BCUT2D eigenvalue weighted by Gasteiger charge is -2.37. The van der Waals surface area contributed by atoms with Gasteiger partial charge in [0.1, 0.15) is 5.82 Å². The molecule has 1 amide bonds. The minimum absolute atomic E-state index is 0.0784. The minimum atomic E-state index is -3.33. The number of anilines is 1. The van der Waals surface area contributed by atoms with E-state index in [0.717, 1.165) is 22.1 Å². The number of fused-ring (bicyclic) bond motifs is 3. The van der Waals surface area contributed by atoms with Crippen LogP contribution in [0.2, 0.25) is 0 Å². The van der Waals surface area contributed by atoms with Crippen molar-refractivity contribution < 1.29 is 17.6 Å². The Morgan fingerprint density at radius 2 is 1.73 bits per heavy atom. The summed E-state index contributed by atoms with van der Waals surface area (Å²) in [4.78, 5) is 28.9. The van der Waals surface area contributed by atoms with Gasteiger partial charge in [-0.1, -0.05) is 6.07 Å². The van der Waals surface area contributed by atoms with Gasteiger partial charge >= 0.3 is 0 Å². The molecule has 3 aromatic heterocycles. The average molecular weight is 518 g/mol. The molecule has 8 nitrogen and oxygen atoms in total. The molecule has 1 aromatic carbocycles. The molecule has 10 heteroatoms. The highest BCUT2D eigenvalue weighted by molar-refractivity contribution is 7.88. The fourth-order valence-electron chi connectivity index (χ4n) is 5.67. The molecule has 0 atom stereocenters. The highest BCUT2D eigenvalue weighted by Gasteiger charge is 2.53. The molecule has 1 saturated heterocycles. The maximum Gasteiger partial charge on any atom is 0.238 e. The molecular weight excluding hydrogens is 493 g/mol. The average Bonchev–Trinajstić information content (AvgIpc) is 3.11. The Balaban J connectivity index is 1.44. The molecule has 5 heterocycles. The van der Waals surface area contributed by atoms with Gasteiger partial charge in [-0.2, -0.15) is 0 Å². The molecular formula is C27H24FN5O3S. The Kier molecular flexibility index (Phi) is 5.54. The number of rotatable bonds is 4. The van der Waals surface area contributed by atoms with Crippen LogP contribution >= 0.6 is 0 Å². The summed E-state index contributed by atoms with van der Waals surface area (Å²) in [5.41, 5.74) is 3.11. The van der Waals surface area contributed by atoms with E-state index in [0.29, 0.717) is 29.6 Å². The number of hydrogen-bond acceptors (Lipinski definition) is 6. The fourth-order valence-corrected chi connectivity index (χ4v) is 6.52. The summed E-state index contributed by atoms with van der Waals surface area (Å²) >= 11 is 0. The maximum atomic E-state index is 14.1. The van der Waals surface area contributed by atoms with E-state index in [4.69, 9.17) is 0 Å². The quantitative estimate of drug-likeness (QED) is 0.410. The third kappa shape index (κ3) is 3.87. The van der Waals surface area contributed by atoms with E-state index in [9.17, 15) is 17.6 Å². The first kappa shape index (κ1) is 23.6. The van der Waals surface area contributed by atoms with Gasteiger partial charge in [-0.25, -0.2) is 17.1 Å². The summed E-state index contributed by atoms with van der Waals surface area (Å²) < 4.78 is 39.6. The number of carbonyl (C=O) groups excluding carboxylic acids is 1. The fraction of sp³-hybridized carbons (Fsp3) is 0.259. The molecule has 188 valence electrons. The van der Waals surface area contributed by atoms with Crippen molar-refractivity contribution in [3.63, 3.8) is 0 Å². The van der Waals surface area contributed by atoms with Crippen LogP contribution in [0, 0.1) is 5.82 Å². The molecule has 6 rings (SSSR count). The van der Waals surface area contributed by atoms with Gasteiger partial charge in [-0.15, -0.1) is 0 Å². The van der Waals surface area contributed by atoms with Crippen LogP contribution in [0.3, 0.4) is 0 Å². The molecule has 0 N–H and O–H groups in total. The van der Waals surface area contributed by atoms with Crippen LogP contribution in [-0.4, -0.2) is 52.9 Å². The first-order valence-electron chi connectivity index (χ1n) is 12.0. The van der Waals surface area contributed by atoms with Crippen molar-refractivity contribution in [3.8, 4) is 11.1 Å². The van der Waals surface area contributed by atoms with E-state index in [1.54, 1.807) is 42.0 Å². The van der Waals surface area contributed by atoms with Crippen molar-refractivity contribution in [2.45, 2.75) is 24.8 Å². The van der Waals surface area contributed by atoms with Gasteiger partial charge in [0.25, 0.3) is 0 Å². The van der Waals surface area contributed by atoms with Gasteiger partial charge in [0, 0.05) is 48.8 Å². The van der Waals surface area contributed by atoms with E-state index < -0.39 is 15.4 Å². The molecule has 2 aliphatic heterocycles. The van der Waals surface area contributed by atoms with Crippen LogP contribution in [0.5, 0.6) is 0 Å². The van der Waals surface area contributed by atoms with Gasteiger partial charge in [0.05, 0.1) is 35.8 Å². The van der Waals surface area contributed by atoms with Crippen molar-refractivity contribution in [2.24, 2.45) is 0 Å². The second-order valence-corrected chi connectivity index (χ2v) is 11.6. The minimum Gasteiger partial charge on any atom is -0.304 e. The molecule has 0 saturated carbocycles. The molecule has 1 fully saturated rings. The van der Waals surface area contributed by atoms with Crippen molar-refractivity contribution in [1.82, 2.24) is 19.3 Å². The first-order valence-corrected chi connectivity index (χ1v) is 13.8. The second kappa shape index (κ2) is 8.67. The van der Waals surface area contributed by atoms with E-state index in [1.807, 2.05) is 18.2 Å². The van der Waals surface area contributed by atoms with Crippen LogP contribution in [-0.2, 0) is 26.8 Å². The highest BCUT2D eigenvalue weighted by atomic mass is 32.2. The first-order chi connectivity index (χ1) is 17.8. The molecule has 1 spiro atoms. The predicted octanol–water partition coefficient (Wildman–Crippen LogP) is 3.67. The van der Waals surface area contributed by atoms with E-state index >= 15 is 0 Å². The van der Waals surface area contributed by atoms with Gasteiger partial charge in [0.2, 0.25) is 15.9 Å². The standard InChI is InChI=1S/C27H24FN5O3S/c1-37(35,36)32-12-7-27(8-13-32)22-6-11-30-16-24(22)33(26(27)34)17-23-25(18-4-9-29-10-5-18)21-3-2-20(28)14-19(21)15-31-23/h2-6,9-11,14-16H,7-8,12-13,17H2,1H3. The third-order valence-electron chi connectivity index (χ3n) is 7.51. The number of hydrogen-bond donors (Lipinski definition) is 0. The zero-order valence-corrected chi connectivity index (χ0v) is 20.9. The summed E-state index contributed by atoms with van der Waals surface area (Å²) in [5, 5.41) is 1.49. The number of benzene rings is 1. The van der Waals surface area contributed by atoms with Gasteiger partial charge in [0.15, 0.2) is 0 Å². The number of aromatic nitrogens is 3. The molecule has 4 aromatic rings. The largest absolute Gasteiger partial charge is 0.304 e. The van der Waals surface area contributed by atoms with Crippen LogP contribution < -0.4 is 4.90 Å². The molecule has 0 unspecified atom stereocenters. The zero-order valence-electron chi connectivity index (χ0n) is 20.1. The van der Waals surface area contributed by atoms with Gasteiger partial charge in [-0.05, 0) is 59.7 Å². The SMILES string of the molecule is CS(=O)(=O)N1CCC2(CC1)C(=O)N(Cc1ncc3cc(F)ccc3c1-c1ccncc1)c1cnccc12. The number of piperidine rings is 1. The van der Waals surface area contributed by atoms with Crippen LogP contribution in [0.25, 0.3) is 21.9 Å². The van der Waals surface area contributed by atoms with Crippen LogP contribution in [0.1, 0.15) is 24.1 Å². The Bertz CT molecular complexity index is 1640. The number of amides is 1. The van der Waals surface area contributed by atoms with Crippen molar-refractivity contribution in [3.05, 3.63) is 84.5 Å². The number of sulfonamides is 1. The molecule has 2 aliphatic rings. The Morgan fingerprint density at radius 1 is 1.00 bits per heavy atom. The Morgan fingerprint density at radius 3 is 2.46 bits per heavy atom. The number of nitrogens with zero attached hydrogens (tertiary/aromatic N) is 5. The highest BCUT2D eigenvalue weighted by Crippen LogP contribution is 2.48. The van der Waals surface area contributed by atoms with Crippen molar-refractivity contribution >= 4 is 32.4 Å². The van der Waals surface area contributed by atoms with Gasteiger partial charge < -0.3 is 4.90 Å². The molecule has 37 heavy (non-hydrogen) atoms. The smallest absolute Gasteiger partial charge is 0.238 e. The Hall–Kier alpha value is -3.76. The van der Waals surface area contributed by atoms with E-state index in [1.165, 1.54) is 22.7 Å². The van der Waals surface area contributed by atoms with Crippen molar-refractivity contribution in [1.29, 1.82) is 0 Å². The molecule has 0 bridgehead atoms. The summed E-state index contributed by atoms with van der Waals surface area (Å²) in [6, 6.07) is 10.2. The third-order valence-corrected chi connectivity index (χ3v) is 8.82. The lowest BCUT2D eigenvalue weighted by Crippen LogP contribution is -2.49. The second-order valence-electron chi connectivity index (χ2n) is 9.58. The lowest BCUT2D eigenvalue weighted by atomic mass is 9.74. The number of halogens is 1. The summed E-state index contributed by atoms with van der Waals surface area (Å²) in [5.74, 6) is -0.426. The Labute approximate surface area is 213 Å². The van der Waals surface area contributed by atoms with Crippen LogP contribution in [0.15, 0.2) is 67.4 Å². The molecule has 0 aliphatic carbocycles. The van der Waals surface area contributed by atoms with E-state index in [2.05, 4.69) is 15.0 Å². The summed E-state index contributed by atoms with van der Waals surface area (Å²) in [6.07, 6.45) is 10.4. The lowest BCUT2D eigenvalue weighted by molar-refractivity contribution is -0.124. The predicted molar refractivity (Wildman–Crippen MR) is 138 cm³/mol. The maximum absolute atomic E-state index is 14.1.